The summed E-state index contributed by atoms with van der Waals surface area (Å²) in [7, 11) is -3.14. The van der Waals surface area contributed by atoms with Crippen LogP contribution in [-0.2, 0) is 14.8 Å². The predicted molar refractivity (Wildman–Crippen MR) is 85.5 cm³/mol. The molecule has 0 bridgehead atoms. The average molecular weight is 454 g/mol. The molecule has 0 aliphatic rings. The van der Waals surface area contributed by atoms with E-state index in [-0.39, 0.29) is 10.7 Å². The van der Waals surface area contributed by atoms with Crippen LogP contribution in [0.1, 0.15) is 10.4 Å². The highest BCUT2D eigenvalue weighted by Gasteiger charge is 2.22. The predicted octanol–water partition coefficient (Wildman–Crippen LogP) is 2.55. The lowest BCUT2D eigenvalue weighted by molar-refractivity contribution is 0.0590. The van der Waals surface area contributed by atoms with Crippen molar-refractivity contribution in [1.82, 2.24) is 4.98 Å². The van der Waals surface area contributed by atoms with Crippen molar-refractivity contribution in [3.8, 4) is 0 Å². The lowest BCUT2D eigenvalue weighted by atomic mass is 10.2. The molecule has 0 saturated heterocycles. The maximum absolute atomic E-state index is 13.8. The third-order valence-corrected chi connectivity index (χ3v) is 4.59. The smallest absolute Gasteiger partial charge is 0.343 e. The summed E-state index contributed by atoms with van der Waals surface area (Å²) in [5.74, 6) is -3.69. The number of anilines is 1. The molecule has 1 aromatic carbocycles. The van der Waals surface area contributed by atoms with Crippen LogP contribution in [-0.4, -0.2) is 26.5 Å². The molecule has 0 unspecified atom stereocenters. The van der Waals surface area contributed by atoms with Crippen molar-refractivity contribution in [2.75, 3.05) is 11.8 Å². The highest BCUT2D eigenvalue weighted by atomic mass is 127. The minimum Gasteiger partial charge on any atom is -0.465 e. The van der Waals surface area contributed by atoms with Crippen molar-refractivity contribution >= 4 is 44.3 Å². The highest BCUT2D eigenvalue weighted by Crippen LogP contribution is 2.22. The quantitative estimate of drug-likeness (QED) is 0.567. The monoisotopic (exact) mass is 454 g/mol. The fourth-order valence-corrected chi connectivity index (χ4v) is 2.95. The van der Waals surface area contributed by atoms with Gasteiger partial charge >= 0.3 is 5.97 Å². The number of sulfonamides is 1. The van der Waals surface area contributed by atoms with Gasteiger partial charge in [-0.05, 0) is 46.9 Å². The summed E-state index contributed by atoms with van der Waals surface area (Å²) in [4.78, 5) is 15.0. The van der Waals surface area contributed by atoms with Crippen LogP contribution in [0.25, 0.3) is 0 Å². The maximum Gasteiger partial charge on any atom is 0.343 e. The molecular formula is C13H9F2IN2O4S. The van der Waals surface area contributed by atoms with E-state index in [1.807, 2.05) is 27.3 Å². The molecule has 2 aromatic rings. The van der Waals surface area contributed by atoms with Gasteiger partial charge in [-0.25, -0.2) is 18.6 Å². The number of aromatic nitrogens is 1. The van der Waals surface area contributed by atoms with Gasteiger partial charge < -0.3 is 4.74 Å². The van der Waals surface area contributed by atoms with Crippen molar-refractivity contribution in [1.29, 1.82) is 0 Å². The number of methoxy groups -OCH3 is 1. The molecule has 0 aliphatic carbocycles. The Balaban J connectivity index is 2.37. The summed E-state index contributed by atoms with van der Waals surface area (Å²) in [6.07, 6.45) is 1.33. The van der Waals surface area contributed by atoms with Crippen LogP contribution < -0.4 is 4.72 Å². The third-order valence-electron chi connectivity index (χ3n) is 2.66. The number of halogens is 3. The van der Waals surface area contributed by atoms with E-state index in [0.717, 1.165) is 10.7 Å². The third kappa shape index (κ3) is 3.93. The second-order valence-corrected chi connectivity index (χ2v) is 7.10. The number of carbonyl (C=O) groups excluding carboxylic acids is 1. The van der Waals surface area contributed by atoms with Crippen LogP contribution in [0.15, 0.2) is 35.5 Å². The number of hydrogen-bond acceptors (Lipinski definition) is 5. The zero-order valence-electron chi connectivity index (χ0n) is 11.5. The molecule has 0 spiro atoms. The van der Waals surface area contributed by atoms with Gasteiger partial charge in [0.1, 0.15) is 17.2 Å². The van der Waals surface area contributed by atoms with Crippen molar-refractivity contribution in [3.63, 3.8) is 0 Å². The van der Waals surface area contributed by atoms with Crippen molar-refractivity contribution in [3.05, 3.63) is 51.2 Å². The van der Waals surface area contributed by atoms with Crippen LogP contribution in [0.3, 0.4) is 0 Å². The summed E-state index contributed by atoms with van der Waals surface area (Å²) >= 11 is 1.95. The van der Waals surface area contributed by atoms with Crippen LogP contribution in [0, 0.1) is 15.2 Å². The van der Waals surface area contributed by atoms with Gasteiger partial charge in [0.25, 0.3) is 10.0 Å². The molecule has 122 valence electrons. The van der Waals surface area contributed by atoms with Gasteiger partial charge in [-0.3, -0.25) is 4.72 Å². The Bertz CT molecular complexity index is 834. The molecule has 6 nitrogen and oxygen atoms in total. The molecule has 1 N–H and O–H groups in total. The largest absolute Gasteiger partial charge is 0.465 e. The minimum atomic E-state index is -4.12. The Morgan fingerprint density at radius 2 is 1.87 bits per heavy atom. The molecule has 0 saturated carbocycles. The Morgan fingerprint density at radius 3 is 2.35 bits per heavy atom. The van der Waals surface area contributed by atoms with Gasteiger partial charge in [-0.1, -0.05) is 0 Å². The molecule has 0 aliphatic heterocycles. The number of pyridine rings is 1. The fraction of sp³-hybridized carbons (Fsp3) is 0.0769. The van der Waals surface area contributed by atoms with E-state index in [0.29, 0.717) is 12.1 Å². The van der Waals surface area contributed by atoms with Gasteiger partial charge in [0.2, 0.25) is 0 Å². The molecule has 0 radical (unpaired) electrons. The molecule has 10 heteroatoms. The normalized spacial score (nSPS) is 11.1. The Hall–Kier alpha value is -1.82. The van der Waals surface area contributed by atoms with E-state index < -0.39 is 33.2 Å². The lowest BCUT2D eigenvalue weighted by Gasteiger charge is -2.09. The van der Waals surface area contributed by atoms with E-state index in [1.54, 1.807) is 0 Å². The summed E-state index contributed by atoms with van der Waals surface area (Å²) in [5, 5.41) is -0.309. The van der Waals surface area contributed by atoms with Gasteiger partial charge in [0, 0.05) is 9.77 Å². The van der Waals surface area contributed by atoms with E-state index in [1.165, 1.54) is 18.3 Å². The number of esters is 1. The number of hydrogen-bond donors (Lipinski definition) is 1. The standard InChI is InChI=1S/C13H9F2IN2O4S/c1-22-13(19)12-9(14)4-8(5-10(12)15)18-23(20,21)11-3-2-7(16)6-17-11/h2-6,18H,1H3. The first-order valence-electron chi connectivity index (χ1n) is 5.96. The first-order chi connectivity index (χ1) is 10.7. The molecule has 0 amide bonds. The second kappa shape index (κ2) is 6.74. The number of rotatable bonds is 4. The lowest BCUT2D eigenvalue weighted by Crippen LogP contribution is -2.16. The Kier molecular flexibility index (Phi) is 5.14. The van der Waals surface area contributed by atoms with E-state index in [2.05, 4.69) is 9.72 Å². The molecule has 2 rings (SSSR count). The molecule has 0 fully saturated rings. The zero-order chi connectivity index (χ0) is 17.2. The van der Waals surface area contributed by atoms with Crippen molar-refractivity contribution in [2.45, 2.75) is 5.03 Å². The number of carbonyl (C=O) groups is 1. The highest BCUT2D eigenvalue weighted by molar-refractivity contribution is 14.1. The molecule has 0 atom stereocenters. The minimum absolute atomic E-state index is 0.309. The van der Waals surface area contributed by atoms with Crippen LogP contribution in [0.4, 0.5) is 14.5 Å². The van der Waals surface area contributed by atoms with E-state index in [4.69, 9.17) is 0 Å². The molecule has 1 aromatic heterocycles. The summed E-state index contributed by atoms with van der Waals surface area (Å²) in [6, 6.07) is 4.13. The van der Waals surface area contributed by atoms with Gasteiger partial charge in [-0.2, -0.15) is 8.42 Å². The Labute approximate surface area is 144 Å². The fourth-order valence-electron chi connectivity index (χ4n) is 1.66. The van der Waals surface area contributed by atoms with Gasteiger partial charge in [-0.15, -0.1) is 0 Å². The van der Waals surface area contributed by atoms with E-state index in [9.17, 15) is 22.0 Å². The summed E-state index contributed by atoms with van der Waals surface area (Å²) in [5.41, 5.74) is -1.28. The summed E-state index contributed by atoms with van der Waals surface area (Å²) < 4.78 is 58.7. The van der Waals surface area contributed by atoms with Crippen molar-refractivity contribution < 1.29 is 26.7 Å². The topological polar surface area (TPSA) is 85.4 Å². The SMILES string of the molecule is COC(=O)c1c(F)cc(NS(=O)(=O)c2ccc(I)cn2)cc1F. The first-order valence-corrected chi connectivity index (χ1v) is 8.52. The van der Waals surface area contributed by atoms with Crippen LogP contribution in [0.5, 0.6) is 0 Å². The number of benzene rings is 1. The first kappa shape index (κ1) is 17.5. The maximum atomic E-state index is 13.8. The number of nitrogens with one attached hydrogen (secondary N) is 1. The zero-order valence-corrected chi connectivity index (χ0v) is 14.5. The van der Waals surface area contributed by atoms with Crippen LogP contribution >= 0.6 is 22.6 Å². The average Bonchev–Trinajstić information content (AvgIpc) is 2.46. The van der Waals surface area contributed by atoms with Crippen molar-refractivity contribution in [2.24, 2.45) is 0 Å². The van der Waals surface area contributed by atoms with Crippen LogP contribution in [0.2, 0.25) is 0 Å². The summed E-state index contributed by atoms with van der Waals surface area (Å²) in [6.45, 7) is 0. The van der Waals surface area contributed by atoms with Gasteiger partial charge in [0.05, 0.1) is 12.8 Å². The second-order valence-electron chi connectivity index (χ2n) is 4.23. The van der Waals surface area contributed by atoms with E-state index >= 15 is 0 Å². The van der Waals surface area contributed by atoms with Gasteiger partial charge in [0.15, 0.2) is 5.03 Å². The number of nitrogens with zero attached hydrogens (tertiary/aromatic N) is 1. The Morgan fingerprint density at radius 1 is 1.26 bits per heavy atom. The molecule has 1 heterocycles. The number of ether oxygens (including phenoxy) is 1. The molecular weight excluding hydrogens is 445 g/mol. The molecule has 23 heavy (non-hydrogen) atoms.